The second kappa shape index (κ2) is 9.27. The molecule has 42 heavy (non-hydrogen) atoms. The highest BCUT2D eigenvalue weighted by molar-refractivity contribution is 6.06. The number of hydrogen-bond acceptors (Lipinski definition) is 7. The van der Waals surface area contributed by atoms with E-state index in [-0.39, 0.29) is 34.4 Å². The van der Waals surface area contributed by atoms with Crippen molar-refractivity contribution >= 4 is 45.7 Å². The number of aromatic nitrogens is 2. The lowest BCUT2D eigenvalue weighted by atomic mass is 9.96. The number of fused-ring (bicyclic) bond motifs is 3. The van der Waals surface area contributed by atoms with Crippen LogP contribution in [0.4, 0.5) is 25.3 Å². The first-order valence-corrected chi connectivity index (χ1v) is 13.7. The number of halogens is 2. The predicted octanol–water partition coefficient (Wildman–Crippen LogP) is 5.33. The van der Waals surface area contributed by atoms with Crippen LogP contribution in [-0.2, 0) is 9.53 Å². The molecule has 0 unspecified atom stereocenters. The smallest absolute Gasteiger partial charge is 0.408 e. The van der Waals surface area contributed by atoms with Gasteiger partial charge in [-0.25, -0.2) is 13.6 Å². The van der Waals surface area contributed by atoms with Gasteiger partial charge in [0.2, 0.25) is 0 Å². The van der Waals surface area contributed by atoms with Crippen molar-refractivity contribution in [2.45, 2.75) is 70.6 Å². The number of anilines is 2. The minimum absolute atomic E-state index is 0.0202. The molecule has 3 N–H and O–H groups in total. The number of rotatable bonds is 5. The fraction of sp³-hybridized carbons (Fsp3) is 0.400. The van der Waals surface area contributed by atoms with Gasteiger partial charge >= 0.3 is 12.1 Å². The van der Waals surface area contributed by atoms with Crippen LogP contribution in [-0.4, -0.2) is 39.7 Å². The van der Waals surface area contributed by atoms with Crippen molar-refractivity contribution in [3.05, 3.63) is 51.8 Å². The van der Waals surface area contributed by atoms with Crippen LogP contribution in [0.1, 0.15) is 58.1 Å². The Morgan fingerprint density at radius 2 is 1.86 bits per heavy atom. The van der Waals surface area contributed by atoms with Gasteiger partial charge in [0.15, 0.2) is 11.1 Å². The summed E-state index contributed by atoms with van der Waals surface area (Å²) in [6.07, 6.45) is 1.67. The first-order valence-electron chi connectivity index (χ1n) is 13.7. The van der Waals surface area contributed by atoms with E-state index in [9.17, 15) is 23.2 Å². The number of pyridine rings is 1. The maximum atomic E-state index is 14.9. The number of oxazole rings is 1. The van der Waals surface area contributed by atoms with E-state index in [2.05, 4.69) is 10.3 Å². The minimum Gasteiger partial charge on any atom is -0.444 e. The van der Waals surface area contributed by atoms with Gasteiger partial charge in [0.25, 0.3) is 11.5 Å². The van der Waals surface area contributed by atoms with Gasteiger partial charge in [-0.1, -0.05) is 6.07 Å². The number of nitrogens with zero attached hydrogens (tertiary/aromatic N) is 3. The van der Waals surface area contributed by atoms with Crippen molar-refractivity contribution in [2.75, 3.05) is 17.7 Å². The molecule has 12 heteroatoms. The molecule has 2 heterocycles. The van der Waals surface area contributed by atoms with E-state index < -0.39 is 40.3 Å². The topological polar surface area (TPSA) is 133 Å². The molecule has 2 saturated carbocycles. The molecule has 2 aliphatic carbocycles. The summed E-state index contributed by atoms with van der Waals surface area (Å²) in [6.45, 7) is 6.92. The first-order chi connectivity index (χ1) is 19.7. The Hall–Kier alpha value is -4.48. The number of hydrogen-bond donors (Lipinski definition) is 2. The molecule has 0 aliphatic heterocycles. The monoisotopic (exact) mass is 579 g/mol. The van der Waals surface area contributed by atoms with Gasteiger partial charge in [-0.05, 0) is 76.6 Å². The molecular formula is C30H31F2N5O5. The van der Waals surface area contributed by atoms with E-state index in [0.29, 0.717) is 34.9 Å². The van der Waals surface area contributed by atoms with Gasteiger partial charge in [-0.15, -0.1) is 0 Å². The third-order valence-electron chi connectivity index (χ3n) is 7.73. The van der Waals surface area contributed by atoms with Gasteiger partial charge in [-0.3, -0.25) is 14.5 Å². The summed E-state index contributed by atoms with van der Waals surface area (Å²) in [5.41, 5.74) is 4.67. The number of likely N-dealkylation sites (N-methyl/N-ethyl adjacent to an activating group) is 1. The highest BCUT2D eigenvalue weighted by Crippen LogP contribution is 2.42. The Bertz CT molecular complexity index is 1860. The fourth-order valence-electron chi connectivity index (χ4n) is 5.36. The lowest BCUT2D eigenvalue weighted by Gasteiger charge is -2.24. The lowest BCUT2D eigenvalue weighted by Crippen LogP contribution is -2.51. The molecule has 2 fully saturated rings. The maximum absolute atomic E-state index is 14.9. The van der Waals surface area contributed by atoms with Crippen molar-refractivity contribution < 1.29 is 27.5 Å². The van der Waals surface area contributed by atoms with Crippen LogP contribution in [0.15, 0.2) is 33.5 Å². The van der Waals surface area contributed by atoms with Crippen LogP contribution >= 0.6 is 0 Å². The molecule has 2 aromatic carbocycles. The molecule has 0 spiro atoms. The quantitative estimate of drug-likeness (QED) is 0.305. The van der Waals surface area contributed by atoms with Crippen molar-refractivity contribution in [3.8, 4) is 11.1 Å². The standard InChI is InChI=1S/C30H31F2N5O5/c1-14-16(18-12-20(32)21(33)13-19(18)31)8-9-17-23(14)37(15-6-7-15)25(38)22-24(17)41-27(34-22)36(5)26(39)30(10-11-30)35-28(40)42-29(2,3)4/h8-9,12-13,15H,6-7,10-11,33H2,1-5H3,(H,35,40). The van der Waals surface area contributed by atoms with Crippen LogP contribution < -0.4 is 21.5 Å². The van der Waals surface area contributed by atoms with E-state index in [1.807, 2.05) is 0 Å². The molecule has 0 radical (unpaired) electrons. The number of nitrogens with two attached hydrogens (primary N) is 1. The molecule has 220 valence electrons. The zero-order valence-electron chi connectivity index (χ0n) is 23.9. The number of nitrogen functional groups attached to an aromatic ring is 1. The number of carbonyl (C=O) groups is 2. The molecular weight excluding hydrogens is 548 g/mol. The molecule has 6 rings (SSSR count). The largest absolute Gasteiger partial charge is 0.444 e. The second-order valence-electron chi connectivity index (χ2n) is 12.1. The average molecular weight is 580 g/mol. The van der Waals surface area contributed by atoms with Crippen LogP contribution in [0.2, 0.25) is 0 Å². The normalized spacial score (nSPS) is 16.1. The van der Waals surface area contributed by atoms with Crippen LogP contribution in [0.5, 0.6) is 0 Å². The Balaban J connectivity index is 1.44. The zero-order valence-corrected chi connectivity index (χ0v) is 23.9. The highest BCUT2D eigenvalue weighted by atomic mass is 19.1. The molecule has 2 aliphatic rings. The van der Waals surface area contributed by atoms with E-state index in [0.717, 1.165) is 25.0 Å². The molecule has 2 aromatic heterocycles. The summed E-state index contributed by atoms with van der Waals surface area (Å²) in [4.78, 5) is 45.3. The third-order valence-corrected chi connectivity index (χ3v) is 7.73. The van der Waals surface area contributed by atoms with E-state index in [1.54, 1.807) is 44.4 Å². The number of aryl methyl sites for hydroxylation is 1. The highest BCUT2D eigenvalue weighted by Gasteiger charge is 2.54. The fourth-order valence-corrected chi connectivity index (χ4v) is 5.36. The summed E-state index contributed by atoms with van der Waals surface area (Å²) in [5, 5.41) is 3.21. The molecule has 4 aromatic rings. The number of alkyl carbamates (subject to hydrolysis) is 1. The first kappa shape index (κ1) is 27.7. The van der Waals surface area contributed by atoms with Crippen molar-refractivity contribution in [1.29, 1.82) is 0 Å². The van der Waals surface area contributed by atoms with Crippen LogP contribution in [0.3, 0.4) is 0 Å². The molecule has 10 nitrogen and oxygen atoms in total. The van der Waals surface area contributed by atoms with Gasteiger partial charge in [0.05, 0.1) is 11.2 Å². The summed E-state index contributed by atoms with van der Waals surface area (Å²) in [5.74, 6) is -1.89. The summed E-state index contributed by atoms with van der Waals surface area (Å²) in [7, 11) is 1.47. The maximum Gasteiger partial charge on any atom is 0.408 e. The van der Waals surface area contributed by atoms with Gasteiger partial charge < -0.3 is 24.8 Å². The van der Waals surface area contributed by atoms with Crippen molar-refractivity contribution in [3.63, 3.8) is 0 Å². The summed E-state index contributed by atoms with van der Waals surface area (Å²) < 4.78 is 42.2. The Kier molecular flexibility index (Phi) is 6.11. The third kappa shape index (κ3) is 4.54. The number of benzene rings is 2. The lowest BCUT2D eigenvalue weighted by molar-refractivity contribution is -0.121. The minimum atomic E-state index is -1.15. The predicted molar refractivity (Wildman–Crippen MR) is 153 cm³/mol. The van der Waals surface area contributed by atoms with E-state index >= 15 is 0 Å². The van der Waals surface area contributed by atoms with Crippen LogP contribution in [0, 0.1) is 18.6 Å². The Labute approximate surface area is 239 Å². The molecule has 0 atom stereocenters. The van der Waals surface area contributed by atoms with Crippen molar-refractivity contribution in [1.82, 2.24) is 14.9 Å². The van der Waals surface area contributed by atoms with Gasteiger partial charge in [0.1, 0.15) is 22.8 Å². The van der Waals surface area contributed by atoms with Crippen molar-refractivity contribution in [2.24, 2.45) is 0 Å². The van der Waals surface area contributed by atoms with Gasteiger partial charge in [0, 0.05) is 30.1 Å². The number of amides is 2. The van der Waals surface area contributed by atoms with Gasteiger partial charge in [-0.2, -0.15) is 4.98 Å². The average Bonchev–Trinajstić information content (AvgIpc) is 3.83. The Morgan fingerprint density at radius 3 is 2.48 bits per heavy atom. The number of carbonyl (C=O) groups excluding carboxylic acids is 2. The zero-order chi connectivity index (χ0) is 30.3. The molecule has 0 bridgehead atoms. The SMILES string of the molecule is Cc1c(-c2cc(F)c(N)cc2F)ccc2c3oc(N(C)C(=O)C4(NC(=O)OC(C)(C)C)CC4)nc3c(=O)n(C3CC3)c12. The van der Waals surface area contributed by atoms with E-state index in [1.165, 1.54) is 11.9 Å². The van der Waals surface area contributed by atoms with Crippen LogP contribution in [0.25, 0.3) is 33.1 Å². The number of nitrogens with one attached hydrogen (secondary N) is 1. The second-order valence-corrected chi connectivity index (χ2v) is 12.1. The summed E-state index contributed by atoms with van der Waals surface area (Å²) >= 11 is 0. The molecule has 2 amide bonds. The van der Waals surface area contributed by atoms with E-state index in [4.69, 9.17) is 14.9 Å². The Morgan fingerprint density at radius 1 is 1.17 bits per heavy atom. The molecule has 0 saturated heterocycles. The summed E-state index contributed by atoms with van der Waals surface area (Å²) in [6, 6.07) is 5.10. The number of ether oxygens (including phenoxy) is 1.